The summed E-state index contributed by atoms with van der Waals surface area (Å²) >= 11 is 0.947. The van der Waals surface area contributed by atoms with Crippen LogP contribution in [0.25, 0.3) is 0 Å². The topological polar surface area (TPSA) is 263 Å². The maximum absolute atomic E-state index is 12.8. The molecule has 21 heteroatoms. The first-order valence-corrected chi connectivity index (χ1v) is 13.7. The molecule has 6 N–H and O–H groups in total. The lowest BCUT2D eigenvalue weighted by molar-refractivity contribution is -0.161. The molecule has 0 aliphatic carbocycles. The van der Waals surface area contributed by atoms with Gasteiger partial charge in [0.2, 0.25) is 5.60 Å². The molecule has 218 valence electrons. The molecule has 8 amide bonds. The van der Waals surface area contributed by atoms with Crippen LogP contribution in [0.5, 0.6) is 0 Å². The van der Waals surface area contributed by atoms with Crippen LogP contribution < -0.4 is 20.5 Å². The van der Waals surface area contributed by atoms with Crippen molar-refractivity contribution in [2.75, 3.05) is 31.9 Å². The van der Waals surface area contributed by atoms with Crippen LogP contribution in [0.3, 0.4) is 0 Å². The van der Waals surface area contributed by atoms with Gasteiger partial charge in [-0.25, -0.2) is 38.5 Å². The van der Waals surface area contributed by atoms with Gasteiger partial charge in [-0.1, -0.05) is 5.16 Å². The summed E-state index contributed by atoms with van der Waals surface area (Å²) in [5.41, 5.74) is 3.16. The fourth-order valence-electron chi connectivity index (χ4n) is 3.17. The standard InChI is InChI=1S/C19H25N9O10S2/c1-4-26-5-6-27(18(26)35)16(33)24-40(36,37)25-17(34)28-7-9(13(28)30)21-12(29)11(10-8-39-15(20)22-10)23-38-19(2,3)14(31)32/h8-9H,4-7H2,1-3H3,(H2,20,22)(H,21,29)(H,24,33)(H,25,34)(H,31,32)/b23-11-. The zero-order valence-electron chi connectivity index (χ0n) is 21.2. The van der Waals surface area contributed by atoms with E-state index in [-0.39, 0.29) is 23.9 Å². The quantitative estimate of drug-likeness (QED) is 0.117. The van der Waals surface area contributed by atoms with Crippen LogP contribution in [-0.4, -0.2) is 113 Å². The number of carbonyl (C=O) groups is 6. The molecule has 0 radical (unpaired) electrons. The Bertz CT molecular complexity index is 1390. The Morgan fingerprint density at radius 3 is 2.33 bits per heavy atom. The molecule has 0 bridgehead atoms. The summed E-state index contributed by atoms with van der Waals surface area (Å²) in [6.45, 7) is 4.00. The van der Waals surface area contributed by atoms with Gasteiger partial charge in [0.05, 0.1) is 6.54 Å². The van der Waals surface area contributed by atoms with Gasteiger partial charge in [0.1, 0.15) is 11.7 Å². The molecule has 0 aromatic carbocycles. The number of hydrogen-bond acceptors (Lipinski definition) is 13. The Balaban J connectivity index is 1.60. The Morgan fingerprint density at radius 2 is 1.82 bits per heavy atom. The van der Waals surface area contributed by atoms with E-state index < -0.39 is 70.0 Å². The van der Waals surface area contributed by atoms with E-state index in [1.807, 2.05) is 0 Å². The zero-order valence-corrected chi connectivity index (χ0v) is 22.9. The number of thiazole rings is 1. The molecule has 1 aromatic heterocycles. The molecule has 2 aliphatic heterocycles. The smallest absolute Gasteiger partial charge is 0.350 e. The van der Waals surface area contributed by atoms with E-state index >= 15 is 0 Å². The van der Waals surface area contributed by atoms with Crippen LogP contribution >= 0.6 is 11.3 Å². The average molecular weight is 604 g/mol. The lowest BCUT2D eigenvalue weighted by atomic mass is 10.1. The Labute approximate surface area is 230 Å². The number of β-lactam (4-membered cyclic amide) rings is 1. The molecule has 1 unspecified atom stereocenters. The largest absolute Gasteiger partial charge is 0.478 e. The number of rotatable bonds is 9. The summed E-state index contributed by atoms with van der Waals surface area (Å²) in [4.78, 5) is 84.4. The van der Waals surface area contributed by atoms with E-state index in [0.717, 1.165) is 11.3 Å². The number of nitrogens with zero attached hydrogens (tertiary/aromatic N) is 5. The number of oxime groups is 1. The van der Waals surface area contributed by atoms with E-state index in [0.29, 0.717) is 16.3 Å². The average Bonchev–Trinajstić information content (AvgIpc) is 3.45. The van der Waals surface area contributed by atoms with E-state index in [1.54, 1.807) is 6.92 Å². The van der Waals surface area contributed by atoms with Crippen molar-refractivity contribution in [3.8, 4) is 0 Å². The van der Waals surface area contributed by atoms with Crippen molar-refractivity contribution < 1.29 is 47.1 Å². The molecule has 2 aliphatic rings. The number of urea groups is 3. The van der Waals surface area contributed by atoms with Gasteiger partial charge in [-0.2, -0.15) is 8.42 Å². The second kappa shape index (κ2) is 11.3. The molecule has 1 atom stereocenters. The monoisotopic (exact) mass is 603 g/mol. The summed E-state index contributed by atoms with van der Waals surface area (Å²) in [5.74, 6) is -3.42. The first-order valence-electron chi connectivity index (χ1n) is 11.3. The van der Waals surface area contributed by atoms with Crippen LogP contribution in [0.15, 0.2) is 10.5 Å². The minimum Gasteiger partial charge on any atom is -0.478 e. The molecule has 19 nitrogen and oxygen atoms in total. The number of carboxylic acid groups (broad SMARTS) is 1. The van der Waals surface area contributed by atoms with Crippen molar-refractivity contribution >= 4 is 68.3 Å². The molecule has 2 fully saturated rings. The van der Waals surface area contributed by atoms with Crippen molar-refractivity contribution in [3.63, 3.8) is 0 Å². The van der Waals surface area contributed by atoms with E-state index in [4.69, 9.17) is 10.6 Å². The zero-order chi connectivity index (χ0) is 30.0. The highest BCUT2D eigenvalue weighted by Crippen LogP contribution is 2.17. The number of nitrogens with one attached hydrogen (secondary N) is 3. The van der Waals surface area contributed by atoms with Crippen molar-refractivity contribution in [2.24, 2.45) is 5.16 Å². The van der Waals surface area contributed by atoms with Gasteiger partial charge >= 0.3 is 34.3 Å². The molecule has 2 saturated heterocycles. The van der Waals surface area contributed by atoms with E-state index in [2.05, 4.69) is 15.5 Å². The van der Waals surface area contributed by atoms with Crippen LogP contribution in [-0.2, 0) is 29.4 Å². The van der Waals surface area contributed by atoms with Crippen LogP contribution in [0.4, 0.5) is 19.5 Å². The van der Waals surface area contributed by atoms with Crippen LogP contribution in [0.2, 0.25) is 0 Å². The number of amides is 8. The number of imide groups is 2. The van der Waals surface area contributed by atoms with Gasteiger partial charge in [-0.15, -0.1) is 11.3 Å². The van der Waals surface area contributed by atoms with E-state index in [9.17, 15) is 42.3 Å². The van der Waals surface area contributed by atoms with Gasteiger partial charge in [0, 0.05) is 25.0 Å². The number of carbonyl (C=O) groups excluding carboxylic acids is 5. The molecule has 1 aromatic rings. The highest BCUT2D eigenvalue weighted by Gasteiger charge is 2.44. The maximum atomic E-state index is 12.8. The summed E-state index contributed by atoms with van der Waals surface area (Å²) in [5, 5.41) is 16.4. The number of nitrogen functional groups attached to an aromatic ring is 1. The normalized spacial score (nSPS) is 17.8. The molecule has 0 saturated carbocycles. The summed E-state index contributed by atoms with van der Waals surface area (Å²) in [6.07, 6.45) is 0. The van der Waals surface area contributed by atoms with Crippen molar-refractivity contribution in [3.05, 3.63) is 11.1 Å². The predicted octanol–water partition coefficient (Wildman–Crippen LogP) is -1.94. The van der Waals surface area contributed by atoms with E-state index in [1.165, 1.54) is 33.6 Å². The Hall–Kier alpha value is -4.53. The minimum atomic E-state index is -4.82. The summed E-state index contributed by atoms with van der Waals surface area (Å²) in [7, 11) is -4.82. The SMILES string of the molecule is CCN1CCN(C(=O)NS(=O)(=O)NC(=O)N2CC(NC(=O)/C(=N\OC(C)(C)C(=O)O)c3csc(N)n3)C2=O)C1=O. The van der Waals surface area contributed by atoms with Gasteiger partial charge in [0.15, 0.2) is 10.8 Å². The molecule has 40 heavy (non-hydrogen) atoms. The van der Waals surface area contributed by atoms with Crippen molar-refractivity contribution in [1.82, 2.24) is 34.4 Å². The third-order valence-electron chi connectivity index (χ3n) is 5.50. The highest BCUT2D eigenvalue weighted by atomic mass is 32.2. The van der Waals surface area contributed by atoms with Crippen LogP contribution in [0, 0.1) is 0 Å². The number of likely N-dealkylation sites (N-methyl/N-ethyl adjacent to an activating group) is 1. The molecular formula is C19H25N9O10S2. The lowest BCUT2D eigenvalue weighted by Crippen LogP contribution is -2.68. The fourth-order valence-corrected chi connectivity index (χ4v) is 4.45. The first kappa shape index (κ1) is 30.0. The van der Waals surface area contributed by atoms with Crippen molar-refractivity contribution in [2.45, 2.75) is 32.4 Å². The number of aromatic nitrogens is 1. The molecular weight excluding hydrogens is 578 g/mol. The first-order chi connectivity index (χ1) is 18.6. The second-order valence-electron chi connectivity index (χ2n) is 8.72. The van der Waals surface area contributed by atoms with Gasteiger partial charge in [-0.3, -0.25) is 14.5 Å². The predicted molar refractivity (Wildman–Crippen MR) is 135 cm³/mol. The Morgan fingerprint density at radius 1 is 1.20 bits per heavy atom. The number of likely N-dealkylation sites (tertiary alicyclic amines) is 1. The molecule has 3 heterocycles. The third kappa shape index (κ3) is 6.54. The molecule has 3 rings (SSSR count). The Kier molecular flexibility index (Phi) is 8.48. The summed E-state index contributed by atoms with van der Waals surface area (Å²) < 4.78 is 27.4. The maximum Gasteiger partial charge on any atom is 0.350 e. The number of nitrogens with two attached hydrogens (primary N) is 1. The number of hydrogen-bond donors (Lipinski definition) is 5. The third-order valence-corrected chi connectivity index (χ3v) is 7.07. The van der Waals surface area contributed by atoms with Gasteiger partial charge in [0.25, 0.3) is 11.8 Å². The number of carboxylic acids is 1. The fraction of sp³-hybridized carbons (Fsp3) is 0.474. The number of aliphatic carboxylic acids is 1. The molecule has 0 spiro atoms. The van der Waals surface area contributed by atoms with Gasteiger partial charge in [-0.05, 0) is 20.8 Å². The van der Waals surface area contributed by atoms with Crippen LogP contribution in [0.1, 0.15) is 26.5 Å². The van der Waals surface area contributed by atoms with Crippen molar-refractivity contribution in [1.29, 1.82) is 0 Å². The second-order valence-corrected chi connectivity index (χ2v) is 11.0. The van der Waals surface area contributed by atoms with Gasteiger partial charge < -0.3 is 25.9 Å². The minimum absolute atomic E-state index is 0.0562. The highest BCUT2D eigenvalue weighted by molar-refractivity contribution is 7.88. The number of anilines is 1. The lowest BCUT2D eigenvalue weighted by Gasteiger charge is -2.36. The summed E-state index contributed by atoms with van der Waals surface area (Å²) in [6, 6.07) is -4.72.